The van der Waals surface area contributed by atoms with Crippen molar-refractivity contribution in [2.24, 2.45) is 0 Å². The van der Waals surface area contributed by atoms with Crippen molar-refractivity contribution in [1.29, 1.82) is 0 Å². The Morgan fingerprint density at radius 3 is 2.62 bits per heavy atom. The minimum atomic E-state index is -0.523. The average molecular weight is 327 g/mol. The molecule has 0 aromatic heterocycles. The van der Waals surface area contributed by atoms with E-state index in [9.17, 15) is 8.78 Å². The van der Waals surface area contributed by atoms with Crippen LogP contribution in [0.3, 0.4) is 0 Å². The van der Waals surface area contributed by atoms with Gasteiger partial charge in [0.05, 0.1) is 10.9 Å². The van der Waals surface area contributed by atoms with Gasteiger partial charge in [0.25, 0.3) is 0 Å². The number of alkyl halides is 1. The summed E-state index contributed by atoms with van der Waals surface area (Å²) >= 11 is 11.1. The van der Waals surface area contributed by atoms with E-state index in [1.54, 1.807) is 12.1 Å². The third-order valence-electron chi connectivity index (χ3n) is 2.56. The molecule has 0 saturated carbocycles. The maximum atomic E-state index is 13.4. The lowest BCUT2D eigenvalue weighted by molar-refractivity contribution is 0.304. The first-order chi connectivity index (χ1) is 10.1. The summed E-state index contributed by atoms with van der Waals surface area (Å²) in [7, 11) is 0. The van der Waals surface area contributed by atoms with Crippen molar-refractivity contribution in [3.8, 4) is 17.6 Å². The van der Waals surface area contributed by atoms with Gasteiger partial charge in [0.2, 0.25) is 0 Å². The Bertz CT molecular complexity index is 705. The summed E-state index contributed by atoms with van der Waals surface area (Å²) in [6, 6.07) is 8.47. The highest BCUT2D eigenvalue weighted by Gasteiger charge is 2.04. The quantitative estimate of drug-likeness (QED) is 0.582. The van der Waals surface area contributed by atoms with E-state index >= 15 is 0 Å². The minimum absolute atomic E-state index is 0.0446. The molecule has 0 radical (unpaired) electrons. The van der Waals surface area contributed by atoms with Gasteiger partial charge in [-0.1, -0.05) is 29.5 Å². The standard InChI is InChI=1S/C16H10Cl2F2O/c17-5-1-2-11-6-13(19)9-14(7-11)21-10-12-3-4-15(18)16(20)8-12/h3-4,6-9H,5,10H2. The largest absolute Gasteiger partial charge is 0.489 e. The van der Waals surface area contributed by atoms with E-state index in [2.05, 4.69) is 11.8 Å². The van der Waals surface area contributed by atoms with Crippen LogP contribution in [0.2, 0.25) is 5.02 Å². The molecular formula is C16H10Cl2F2O. The summed E-state index contributed by atoms with van der Waals surface area (Å²) in [6.07, 6.45) is 0. The molecule has 0 spiro atoms. The smallest absolute Gasteiger partial charge is 0.142 e. The van der Waals surface area contributed by atoms with Crippen LogP contribution in [0.4, 0.5) is 8.78 Å². The molecule has 0 aliphatic carbocycles. The molecule has 1 nitrogen and oxygen atoms in total. The van der Waals surface area contributed by atoms with Crippen LogP contribution >= 0.6 is 23.2 Å². The van der Waals surface area contributed by atoms with E-state index < -0.39 is 11.6 Å². The Labute approximate surface area is 131 Å². The SMILES string of the molecule is Fc1cc(C#CCCl)cc(OCc2ccc(Cl)c(F)c2)c1. The zero-order valence-corrected chi connectivity index (χ0v) is 12.3. The van der Waals surface area contributed by atoms with Crippen LogP contribution in [0, 0.1) is 23.5 Å². The van der Waals surface area contributed by atoms with E-state index in [0.717, 1.165) is 0 Å². The van der Waals surface area contributed by atoms with Crippen LogP contribution < -0.4 is 4.74 Å². The molecular weight excluding hydrogens is 317 g/mol. The summed E-state index contributed by atoms with van der Waals surface area (Å²) in [5, 5.41) is 0.0446. The van der Waals surface area contributed by atoms with E-state index in [1.165, 1.54) is 24.3 Å². The highest BCUT2D eigenvalue weighted by molar-refractivity contribution is 6.30. The van der Waals surface area contributed by atoms with Crippen molar-refractivity contribution in [2.45, 2.75) is 6.61 Å². The lowest BCUT2D eigenvalue weighted by Crippen LogP contribution is -1.97. The lowest BCUT2D eigenvalue weighted by atomic mass is 10.2. The number of hydrogen-bond acceptors (Lipinski definition) is 1. The molecule has 0 N–H and O–H groups in total. The van der Waals surface area contributed by atoms with Gasteiger partial charge in [-0.05, 0) is 29.8 Å². The normalized spacial score (nSPS) is 9.90. The zero-order valence-electron chi connectivity index (χ0n) is 10.8. The van der Waals surface area contributed by atoms with Crippen LogP contribution in [-0.4, -0.2) is 5.88 Å². The molecule has 2 aromatic rings. The van der Waals surface area contributed by atoms with Gasteiger partial charge >= 0.3 is 0 Å². The summed E-state index contributed by atoms with van der Waals surface area (Å²) < 4.78 is 32.2. The lowest BCUT2D eigenvalue weighted by Gasteiger charge is -2.07. The molecule has 21 heavy (non-hydrogen) atoms. The second-order valence-corrected chi connectivity index (χ2v) is 4.82. The van der Waals surface area contributed by atoms with E-state index in [4.69, 9.17) is 27.9 Å². The van der Waals surface area contributed by atoms with Gasteiger partial charge in [-0.15, -0.1) is 11.6 Å². The van der Waals surface area contributed by atoms with Crippen LogP contribution in [0.15, 0.2) is 36.4 Å². The van der Waals surface area contributed by atoms with Crippen molar-refractivity contribution in [3.63, 3.8) is 0 Å². The molecule has 0 amide bonds. The summed E-state index contributed by atoms with van der Waals surface area (Å²) in [5.41, 5.74) is 1.06. The molecule has 0 saturated heterocycles. The Hall–Kier alpha value is -1.76. The first-order valence-corrected chi connectivity index (χ1v) is 6.92. The monoisotopic (exact) mass is 326 g/mol. The highest BCUT2D eigenvalue weighted by atomic mass is 35.5. The van der Waals surface area contributed by atoms with Gasteiger partial charge in [-0.2, -0.15) is 0 Å². The fourth-order valence-corrected chi connectivity index (χ4v) is 1.83. The molecule has 0 bridgehead atoms. The maximum Gasteiger partial charge on any atom is 0.142 e. The molecule has 0 aliphatic heterocycles. The maximum absolute atomic E-state index is 13.4. The van der Waals surface area contributed by atoms with Gasteiger partial charge in [-0.3, -0.25) is 0 Å². The molecule has 2 aromatic carbocycles. The van der Waals surface area contributed by atoms with Gasteiger partial charge in [0, 0.05) is 11.6 Å². The number of benzene rings is 2. The number of halogens is 4. The van der Waals surface area contributed by atoms with Crippen molar-refractivity contribution in [1.82, 2.24) is 0 Å². The van der Waals surface area contributed by atoms with E-state index in [0.29, 0.717) is 16.9 Å². The van der Waals surface area contributed by atoms with Crippen molar-refractivity contribution < 1.29 is 13.5 Å². The highest BCUT2D eigenvalue weighted by Crippen LogP contribution is 2.19. The summed E-state index contributed by atoms with van der Waals surface area (Å²) in [6.45, 7) is 0.0971. The van der Waals surface area contributed by atoms with Crippen molar-refractivity contribution in [3.05, 3.63) is 64.2 Å². The van der Waals surface area contributed by atoms with E-state index in [-0.39, 0.29) is 17.5 Å². The summed E-state index contributed by atoms with van der Waals surface area (Å²) in [4.78, 5) is 0. The minimum Gasteiger partial charge on any atom is -0.489 e. The fourth-order valence-electron chi connectivity index (χ4n) is 1.65. The number of rotatable bonds is 3. The first-order valence-electron chi connectivity index (χ1n) is 6.00. The van der Waals surface area contributed by atoms with Crippen LogP contribution in [0.1, 0.15) is 11.1 Å². The Balaban J connectivity index is 2.12. The topological polar surface area (TPSA) is 9.23 Å². The molecule has 0 atom stereocenters. The third-order valence-corrected chi connectivity index (χ3v) is 3.00. The van der Waals surface area contributed by atoms with Crippen LogP contribution in [-0.2, 0) is 6.61 Å². The van der Waals surface area contributed by atoms with Crippen LogP contribution in [0.25, 0.3) is 0 Å². The second-order valence-electron chi connectivity index (χ2n) is 4.15. The van der Waals surface area contributed by atoms with Gasteiger partial charge in [0.15, 0.2) is 0 Å². The molecule has 2 rings (SSSR count). The Morgan fingerprint density at radius 2 is 1.90 bits per heavy atom. The van der Waals surface area contributed by atoms with Crippen LogP contribution in [0.5, 0.6) is 5.75 Å². The molecule has 5 heteroatoms. The zero-order chi connectivity index (χ0) is 15.2. The number of hydrogen-bond donors (Lipinski definition) is 0. The van der Waals surface area contributed by atoms with Gasteiger partial charge in [-0.25, -0.2) is 8.78 Å². The molecule has 0 aliphatic rings. The van der Waals surface area contributed by atoms with Crippen molar-refractivity contribution >= 4 is 23.2 Å². The van der Waals surface area contributed by atoms with Gasteiger partial charge < -0.3 is 4.74 Å². The number of ether oxygens (including phenoxy) is 1. The third kappa shape index (κ3) is 4.63. The Kier molecular flexibility index (Phi) is 5.44. The van der Waals surface area contributed by atoms with E-state index in [1.807, 2.05) is 0 Å². The van der Waals surface area contributed by atoms with Gasteiger partial charge in [0.1, 0.15) is 24.0 Å². The molecule has 108 valence electrons. The predicted molar refractivity (Wildman–Crippen MR) is 79.7 cm³/mol. The second kappa shape index (κ2) is 7.31. The Morgan fingerprint density at radius 1 is 1.10 bits per heavy atom. The average Bonchev–Trinajstić information content (AvgIpc) is 2.46. The molecule has 0 fully saturated rings. The summed E-state index contributed by atoms with van der Waals surface area (Å²) in [5.74, 6) is 4.83. The first kappa shape index (κ1) is 15.6. The van der Waals surface area contributed by atoms with Crippen molar-refractivity contribution in [2.75, 3.05) is 5.88 Å². The fraction of sp³-hybridized carbons (Fsp3) is 0.125. The molecule has 0 heterocycles. The molecule has 0 unspecified atom stereocenters. The predicted octanol–water partition coefficient (Wildman–Crippen LogP) is 4.79.